The first kappa shape index (κ1) is 9.09. The predicted molar refractivity (Wildman–Crippen MR) is 64.1 cm³/mol. The van der Waals surface area contributed by atoms with E-state index in [1.807, 2.05) is 31.3 Å². The Morgan fingerprint density at radius 3 is 2.81 bits per heavy atom. The van der Waals surface area contributed by atoms with Crippen LogP contribution >= 0.6 is 0 Å². The number of hydrogen-bond donors (Lipinski definition) is 1. The molecule has 3 aromatic heterocycles. The van der Waals surface area contributed by atoms with Crippen LogP contribution < -0.4 is 0 Å². The fourth-order valence-corrected chi connectivity index (χ4v) is 1.74. The molecule has 0 spiro atoms. The third kappa shape index (κ3) is 1.46. The van der Waals surface area contributed by atoms with Gasteiger partial charge in [-0.25, -0.2) is 4.98 Å². The standard InChI is InChI=1S/C13H11N3/c1-9-4-5-11(8-15-9)12-7-10-3-2-6-14-13(10)16-12/h2-8H,1H3,(H,14,16). The Kier molecular flexibility index (Phi) is 1.96. The number of pyridine rings is 2. The summed E-state index contributed by atoms with van der Waals surface area (Å²) in [4.78, 5) is 11.8. The van der Waals surface area contributed by atoms with Crippen molar-refractivity contribution in [2.24, 2.45) is 0 Å². The maximum Gasteiger partial charge on any atom is 0.137 e. The molecule has 0 aliphatic heterocycles. The van der Waals surface area contributed by atoms with Gasteiger partial charge in [0, 0.05) is 34.7 Å². The third-order valence-electron chi connectivity index (χ3n) is 2.61. The summed E-state index contributed by atoms with van der Waals surface area (Å²) in [6.07, 6.45) is 3.66. The zero-order chi connectivity index (χ0) is 11.0. The molecule has 3 heteroatoms. The van der Waals surface area contributed by atoms with Crippen LogP contribution in [0, 0.1) is 6.92 Å². The Morgan fingerprint density at radius 1 is 1.12 bits per heavy atom. The molecule has 0 radical (unpaired) electrons. The second-order valence-electron chi connectivity index (χ2n) is 3.81. The van der Waals surface area contributed by atoms with Gasteiger partial charge in [-0.05, 0) is 37.3 Å². The Morgan fingerprint density at radius 2 is 2.06 bits per heavy atom. The summed E-state index contributed by atoms with van der Waals surface area (Å²) in [6.45, 7) is 1.98. The smallest absolute Gasteiger partial charge is 0.137 e. The molecular weight excluding hydrogens is 198 g/mol. The highest BCUT2D eigenvalue weighted by molar-refractivity contribution is 5.82. The molecule has 0 aliphatic rings. The van der Waals surface area contributed by atoms with Gasteiger partial charge in [0.15, 0.2) is 0 Å². The molecular formula is C13H11N3. The van der Waals surface area contributed by atoms with Crippen molar-refractivity contribution in [1.82, 2.24) is 15.0 Å². The SMILES string of the molecule is Cc1ccc(-c2cc3cccnc3[nH]2)cn1. The minimum atomic E-state index is 0.915. The van der Waals surface area contributed by atoms with Gasteiger partial charge >= 0.3 is 0 Å². The van der Waals surface area contributed by atoms with Crippen LogP contribution in [0.1, 0.15) is 5.69 Å². The highest BCUT2D eigenvalue weighted by Crippen LogP contribution is 2.21. The normalized spacial score (nSPS) is 10.8. The summed E-state index contributed by atoms with van der Waals surface area (Å²) in [5.41, 5.74) is 4.08. The molecule has 3 heterocycles. The first-order chi connectivity index (χ1) is 7.83. The van der Waals surface area contributed by atoms with Crippen LogP contribution in [0.15, 0.2) is 42.7 Å². The summed E-state index contributed by atoms with van der Waals surface area (Å²) in [6, 6.07) is 10.1. The maximum absolute atomic E-state index is 4.29. The van der Waals surface area contributed by atoms with Gasteiger partial charge in [0.2, 0.25) is 0 Å². The Hall–Kier alpha value is -2.16. The van der Waals surface area contributed by atoms with Crippen LogP contribution in [0.25, 0.3) is 22.3 Å². The molecule has 78 valence electrons. The minimum Gasteiger partial charge on any atom is -0.339 e. The van der Waals surface area contributed by atoms with Gasteiger partial charge in [0.05, 0.1) is 0 Å². The van der Waals surface area contributed by atoms with Gasteiger partial charge in [0.25, 0.3) is 0 Å². The maximum atomic E-state index is 4.29. The first-order valence-electron chi connectivity index (χ1n) is 5.20. The lowest BCUT2D eigenvalue weighted by Crippen LogP contribution is -1.82. The fourth-order valence-electron chi connectivity index (χ4n) is 1.74. The summed E-state index contributed by atoms with van der Waals surface area (Å²) < 4.78 is 0. The largest absolute Gasteiger partial charge is 0.339 e. The van der Waals surface area contributed by atoms with Gasteiger partial charge in [0.1, 0.15) is 5.65 Å². The van der Waals surface area contributed by atoms with Gasteiger partial charge in [-0.2, -0.15) is 0 Å². The Bertz CT molecular complexity index is 590. The zero-order valence-electron chi connectivity index (χ0n) is 8.94. The summed E-state index contributed by atoms with van der Waals surface area (Å²) >= 11 is 0. The quantitative estimate of drug-likeness (QED) is 0.669. The Labute approximate surface area is 93.2 Å². The molecule has 0 aliphatic carbocycles. The fraction of sp³-hybridized carbons (Fsp3) is 0.0769. The number of aryl methyl sites for hydroxylation is 1. The molecule has 0 fully saturated rings. The molecule has 0 saturated carbocycles. The van der Waals surface area contributed by atoms with Crippen molar-refractivity contribution < 1.29 is 0 Å². The van der Waals surface area contributed by atoms with Crippen LogP contribution in [0.2, 0.25) is 0 Å². The van der Waals surface area contributed by atoms with E-state index < -0.39 is 0 Å². The van der Waals surface area contributed by atoms with Crippen molar-refractivity contribution in [3.05, 3.63) is 48.4 Å². The van der Waals surface area contributed by atoms with Crippen molar-refractivity contribution in [2.75, 3.05) is 0 Å². The van der Waals surface area contributed by atoms with E-state index in [2.05, 4.69) is 27.1 Å². The molecule has 0 aromatic carbocycles. The number of nitrogens with one attached hydrogen (secondary N) is 1. The highest BCUT2D eigenvalue weighted by Gasteiger charge is 2.03. The number of H-pyrrole nitrogens is 1. The summed E-state index contributed by atoms with van der Waals surface area (Å²) in [5.74, 6) is 0. The van der Waals surface area contributed by atoms with Gasteiger partial charge in [-0.15, -0.1) is 0 Å². The molecule has 0 saturated heterocycles. The molecule has 1 N–H and O–H groups in total. The average molecular weight is 209 g/mol. The third-order valence-corrected chi connectivity index (χ3v) is 2.61. The molecule has 0 unspecified atom stereocenters. The van der Waals surface area contributed by atoms with E-state index >= 15 is 0 Å². The number of aromatic nitrogens is 3. The van der Waals surface area contributed by atoms with Crippen molar-refractivity contribution in [3.63, 3.8) is 0 Å². The average Bonchev–Trinajstić information content (AvgIpc) is 2.73. The van der Waals surface area contributed by atoms with Crippen LogP contribution in [0.3, 0.4) is 0 Å². The molecule has 0 atom stereocenters. The van der Waals surface area contributed by atoms with Gasteiger partial charge < -0.3 is 4.98 Å². The number of aromatic amines is 1. The van der Waals surface area contributed by atoms with Crippen molar-refractivity contribution >= 4 is 11.0 Å². The van der Waals surface area contributed by atoms with Crippen LogP contribution in [-0.2, 0) is 0 Å². The lowest BCUT2D eigenvalue weighted by molar-refractivity contribution is 1.20. The van der Waals surface area contributed by atoms with Crippen molar-refractivity contribution in [3.8, 4) is 11.3 Å². The van der Waals surface area contributed by atoms with Crippen LogP contribution in [-0.4, -0.2) is 15.0 Å². The van der Waals surface area contributed by atoms with E-state index in [0.717, 1.165) is 28.0 Å². The lowest BCUT2D eigenvalue weighted by Gasteiger charge is -1.96. The van der Waals surface area contributed by atoms with E-state index in [1.54, 1.807) is 6.20 Å². The second kappa shape index (κ2) is 3.45. The van der Waals surface area contributed by atoms with E-state index in [9.17, 15) is 0 Å². The summed E-state index contributed by atoms with van der Waals surface area (Å²) in [7, 11) is 0. The topological polar surface area (TPSA) is 41.6 Å². The zero-order valence-corrected chi connectivity index (χ0v) is 8.94. The second-order valence-corrected chi connectivity index (χ2v) is 3.81. The predicted octanol–water partition coefficient (Wildman–Crippen LogP) is 2.93. The first-order valence-corrected chi connectivity index (χ1v) is 5.20. The van der Waals surface area contributed by atoms with Gasteiger partial charge in [-0.1, -0.05) is 0 Å². The molecule has 3 nitrogen and oxygen atoms in total. The van der Waals surface area contributed by atoms with Crippen molar-refractivity contribution in [2.45, 2.75) is 6.92 Å². The van der Waals surface area contributed by atoms with E-state index in [4.69, 9.17) is 0 Å². The summed E-state index contributed by atoms with van der Waals surface area (Å²) in [5, 5.41) is 1.12. The molecule has 3 aromatic rings. The van der Waals surface area contributed by atoms with E-state index in [-0.39, 0.29) is 0 Å². The molecule has 16 heavy (non-hydrogen) atoms. The molecule has 3 rings (SSSR count). The minimum absolute atomic E-state index is 0.915. The number of rotatable bonds is 1. The monoisotopic (exact) mass is 209 g/mol. The van der Waals surface area contributed by atoms with Crippen molar-refractivity contribution in [1.29, 1.82) is 0 Å². The van der Waals surface area contributed by atoms with Crippen LogP contribution in [0.5, 0.6) is 0 Å². The Balaban J connectivity index is 2.15. The number of fused-ring (bicyclic) bond motifs is 1. The van der Waals surface area contributed by atoms with Crippen LogP contribution in [0.4, 0.5) is 0 Å². The highest BCUT2D eigenvalue weighted by atomic mass is 14.9. The lowest BCUT2D eigenvalue weighted by atomic mass is 10.2. The molecule has 0 amide bonds. The number of nitrogens with zero attached hydrogens (tertiary/aromatic N) is 2. The van der Waals surface area contributed by atoms with Gasteiger partial charge in [-0.3, -0.25) is 4.98 Å². The van der Waals surface area contributed by atoms with E-state index in [1.165, 1.54) is 0 Å². The molecule has 0 bridgehead atoms. The van der Waals surface area contributed by atoms with E-state index in [0.29, 0.717) is 0 Å². The number of hydrogen-bond acceptors (Lipinski definition) is 2.